The zero-order valence-corrected chi connectivity index (χ0v) is 14.0. The van der Waals surface area contributed by atoms with E-state index in [4.69, 9.17) is 23.2 Å². The van der Waals surface area contributed by atoms with Crippen LogP contribution in [0.3, 0.4) is 0 Å². The third-order valence-corrected chi connectivity index (χ3v) is 3.73. The Balaban J connectivity index is 1.99. The SMILES string of the molecule is Cc1c(Cl)cccc1NC(=O)C(=O)NN=Cc1cc(Cl)ccc1O. The maximum atomic E-state index is 11.8. The van der Waals surface area contributed by atoms with E-state index in [1.165, 1.54) is 24.4 Å². The van der Waals surface area contributed by atoms with E-state index in [0.29, 0.717) is 26.9 Å². The zero-order valence-electron chi connectivity index (χ0n) is 12.5. The Kier molecular flexibility index (Phi) is 5.78. The number of carbonyl (C=O) groups excluding carboxylic acids is 2. The van der Waals surface area contributed by atoms with Gasteiger partial charge in [-0.3, -0.25) is 9.59 Å². The molecule has 3 N–H and O–H groups in total. The summed E-state index contributed by atoms with van der Waals surface area (Å²) in [5.74, 6) is -1.92. The van der Waals surface area contributed by atoms with Crippen molar-refractivity contribution in [3.63, 3.8) is 0 Å². The van der Waals surface area contributed by atoms with Gasteiger partial charge in [-0.15, -0.1) is 0 Å². The summed E-state index contributed by atoms with van der Waals surface area (Å²) in [5.41, 5.74) is 3.44. The number of hydrogen-bond acceptors (Lipinski definition) is 4. The maximum absolute atomic E-state index is 11.8. The Morgan fingerprint density at radius 2 is 1.92 bits per heavy atom. The Morgan fingerprint density at radius 1 is 1.17 bits per heavy atom. The van der Waals surface area contributed by atoms with Gasteiger partial charge in [-0.1, -0.05) is 29.3 Å². The zero-order chi connectivity index (χ0) is 17.7. The van der Waals surface area contributed by atoms with Crippen molar-refractivity contribution in [3.8, 4) is 5.75 Å². The highest BCUT2D eigenvalue weighted by Gasteiger charge is 2.14. The van der Waals surface area contributed by atoms with Crippen LogP contribution in [0.5, 0.6) is 5.75 Å². The summed E-state index contributed by atoms with van der Waals surface area (Å²) in [4.78, 5) is 23.6. The molecule has 0 atom stereocenters. The summed E-state index contributed by atoms with van der Waals surface area (Å²) in [7, 11) is 0. The van der Waals surface area contributed by atoms with E-state index in [9.17, 15) is 14.7 Å². The molecule has 0 bridgehead atoms. The van der Waals surface area contributed by atoms with Gasteiger partial charge in [0, 0.05) is 21.3 Å². The average molecular weight is 366 g/mol. The van der Waals surface area contributed by atoms with Crippen LogP contribution in [0.15, 0.2) is 41.5 Å². The highest BCUT2D eigenvalue weighted by Crippen LogP contribution is 2.22. The number of rotatable bonds is 3. The molecule has 8 heteroatoms. The van der Waals surface area contributed by atoms with E-state index in [1.54, 1.807) is 25.1 Å². The van der Waals surface area contributed by atoms with E-state index in [1.807, 2.05) is 0 Å². The van der Waals surface area contributed by atoms with Gasteiger partial charge in [0.1, 0.15) is 5.75 Å². The van der Waals surface area contributed by atoms with Crippen molar-refractivity contribution < 1.29 is 14.7 Å². The number of hydrogen-bond donors (Lipinski definition) is 3. The minimum Gasteiger partial charge on any atom is -0.507 e. The van der Waals surface area contributed by atoms with E-state index in [0.717, 1.165) is 0 Å². The summed E-state index contributed by atoms with van der Waals surface area (Å²) in [6.07, 6.45) is 1.18. The first-order valence-electron chi connectivity index (χ1n) is 6.76. The first-order chi connectivity index (χ1) is 11.4. The molecule has 24 heavy (non-hydrogen) atoms. The van der Waals surface area contributed by atoms with Crippen molar-refractivity contribution in [2.45, 2.75) is 6.92 Å². The minimum atomic E-state index is -0.966. The highest BCUT2D eigenvalue weighted by atomic mass is 35.5. The number of nitrogens with zero attached hydrogens (tertiary/aromatic N) is 1. The molecular weight excluding hydrogens is 353 g/mol. The van der Waals surface area contributed by atoms with Gasteiger partial charge in [-0.2, -0.15) is 5.10 Å². The van der Waals surface area contributed by atoms with Crippen LogP contribution in [-0.4, -0.2) is 23.1 Å². The van der Waals surface area contributed by atoms with Gasteiger partial charge in [-0.05, 0) is 42.8 Å². The molecule has 0 saturated carbocycles. The number of hydrazone groups is 1. The highest BCUT2D eigenvalue weighted by molar-refractivity contribution is 6.40. The fourth-order valence-corrected chi connectivity index (χ4v) is 2.12. The molecule has 2 rings (SSSR count). The molecule has 0 unspecified atom stereocenters. The van der Waals surface area contributed by atoms with Crippen molar-refractivity contribution in [2.24, 2.45) is 5.10 Å². The number of aromatic hydroxyl groups is 1. The molecule has 0 aliphatic rings. The van der Waals surface area contributed by atoms with E-state index in [-0.39, 0.29) is 5.75 Å². The molecule has 0 aliphatic heterocycles. The number of carbonyl (C=O) groups is 2. The number of amides is 2. The van der Waals surface area contributed by atoms with Crippen LogP contribution in [0.25, 0.3) is 0 Å². The standard InChI is InChI=1S/C16H13Cl2N3O3/c1-9-12(18)3-2-4-13(9)20-15(23)16(24)21-19-8-10-7-11(17)5-6-14(10)22/h2-8,22H,1H3,(H,20,23)(H,21,24). The van der Waals surface area contributed by atoms with Gasteiger partial charge in [0.15, 0.2) is 0 Å². The quantitative estimate of drug-likeness (QED) is 0.443. The third kappa shape index (κ3) is 4.47. The fraction of sp³-hybridized carbons (Fsp3) is 0.0625. The summed E-state index contributed by atoms with van der Waals surface area (Å²) >= 11 is 11.7. The lowest BCUT2D eigenvalue weighted by atomic mass is 10.2. The molecule has 124 valence electrons. The Bertz CT molecular complexity index is 822. The lowest BCUT2D eigenvalue weighted by molar-refractivity contribution is -0.136. The van der Waals surface area contributed by atoms with Gasteiger partial charge in [0.2, 0.25) is 0 Å². The second kappa shape index (κ2) is 7.81. The Morgan fingerprint density at radius 3 is 2.67 bits per heavy atom. The van der Waals surface area contributed by atoms with Gasteiger partial charge >= 0.3 is 11.8 Å². The van der Waals surface area contributed by atoms with Gasteiger partial charge in [0.25, 0.3) is 0 Å². The number of nitrogens with one attached hydrogen (secondary N) is 2. The monoisotopic (exact) mass is 365 g/mol. The van der Waals surface area contributed by atoms with Crippen molar-refractivity contribution >= 4 is 46.9 Å². The van der Waals surface area contributed by atoms with Crippen LogP contribution in [0, 0.1) is 6.92 Å². The van der Waals surface area contributed by atoms with Crippen molar-refractivity contribution in [2.75, 3.05) is 5.32 Å². The number of phenolic OH excluding ortho intramolecular Hbond substituents is 1. The fourth-order valence-electron chi connectivity index (χ4n) is 1.76. The molecule has 0 fully saturated rings. The maximum Gasteiger partial charge on any atom is 0.329 e. The summed E-state index contributed by atoms with van der Waals surface area (Å²) < 4.78 is 0. The van der Waals surface area contributed by atoms with Crippen molar-refractivity contribution in [3.05, 3.63) is 57.6 Å². The number of halogens is 2. The van der Waals surface area contributed by atoms with E-state index >= 15 is 0 Å². The summed E-state index contributed by atoms with van der Waals surface area (Å²) in [6.45, 7) is 1.72. The van der Waals surface area contributed by atoms with Gasteiger partial charge in [-0.25, -0.2) is 5.43 Å². The number of phenols is 1. The molecule has 6 nitrogen and oxygen atoms in total. The molecular formula is C16H13Cl2N3O3. The lowest BCUT2D eigenvalue weighted by Gasteiger charge is -2.08. The molecule has 0 aromatic heterocycles. The van der Waals surface area contributed by atoms with Crippen LogP contribution in [0.2, 0.25) is 10.0 Å². The number of benzene rings is 2. The Hall–Kier alpha value is -2.57. The molecule has 0 radical (unpaired) electrons. The molecule has 2 aromatic carbocycles. The third-order valence-electron chi connectivity index (χ3n) is 3.08. The van der Waals surface area contributed by atoms with E-state index < -0.39 is 11.8 Å². The first-order valence-corrected chi connectivity index (χ1v) is 7.52. The molecule has 0 aliphatic carbocycles. The van der Waals surface area contributed by atoms with Crippen LogP contribution in [0.4, 0.5) is 5.69 Å². The predicted molar refractivity (Wildman–Crippen MR) is 93.7 cm³/mol. The molecule has 0 spiro atoms. The lowest BCUT2D eigenvalue weighted by Crippen LogP contribution is -2.32. The molecule has 2 amide bonds. The van der Waals surface area contributed by atoms with Crippen LogP contribution in [0.1, 0.15) is 11.1 Å². The average Bonchev–Trinajstić information content (AvgIpc) is 2.54. The topological polar surface area (TPSA) is 90.8 Å². The van der Waals surface area contributed by atoms with E-state index in [2.05, 4.69) is 15.8 Å². The van der Waals surface area contributed by atoms with Crippen molar-refractivity contribution in [1.29, 1.82) is 0 Å². The number of anilines is 1. The second-order valence-electron chi connectivity index (χ2n) is 4.77. The summed E-state index contributed by atoms with van der Waals surface area (Å²) in [5, 5.41) is 16.5. The Labute approximate surface area is 148 Å². The van der Waals surface area contributed by atoms with Gasteiger partial charge < -0.3 is 10.4 Å². The van der Waals surface area contributed by atoms with Crippen LogP contribution < -0.4 is 10.7 Å². The largest absolute Gasteiger partial charge is 0.507 e. The van der Waals surface area contributed by atoms with Crippen LogP contribution >= 0.6 is 23.2 Å². The predicted octanol–water partition coefficient (Wildman–Crippen LogP) is 3.10. The smallest absolute Gasteiger partial charge is 0.329 e. The minimum absolute atomic E-state index is 0.0589. The first kappa shape index (κ1) is 17.8. The normalized spacial score (nSPS) is 10.6. The van der Waals surface area contributed by atoms with Crippen LogP contribution in [-0.2, 0) is 9.59 Å². The van der Waals surface area contributed by atoms with Crippen molar-refractivity contribution in [1.82, 2.24) is 5.43 Å². The molecule has 2 aromatic rings. The van der Waals surface area contributed by atoms with Gasteiger partial charge in [0.05, 0.1) is 6.21 Å². The molecule has 0 heterocycles. The summed E-state index contributed by atoms with van der Waals surface area (Å²) in [6, 6.07) is 9.31. The second-order valence-corrected chi connectivity index (χ2v) is 5.61. The molecule has 0 saturated heterocycles.